The van der Waals surface area contributed by atoms with Crippen LogP contribution in [-0.4, -0.2) is 40.8 Å². The van der Waals surface area contributed by atoms with E-state index in [1.165, 1.54) is 0 Å². The summed E-state index contributed by atoms with van der Waals surface area (Å²) >= 11 is 1.62. The third kappa shape index (κ3) is 5.41. The highest BCUT2D eigenvalue weighted by atomic mass is 32.2. The van der Waals surface area contributed by atoms with Gasteiger partial charge in [0.05, 0.1) is 18.4 Å². The topological polar surface area (TPSA) is 72.9 Å². The molecule has 6 nitrogen and oxygen atoms in total. The third-order valence-corrected chi connectivity index (χ3v) is 8.07. The molecule has 0 N–H and O–H groups in total. The van der Waals surface area contributed by atoms with E-state index in [1.54, 1.807) is 23.8 Å². The average molecular weight is 504 g/mol. The zero-order valence-corrected chi connectivity index (χ0v) is 21.0. The van der Waals surface area contributed by atoms with Gasteiger partial charge < -0.3 is 9.47 Å². The number of nitrogens with zero attached hydrogens (tertiary/aromatic N) is 1. The molecule has 36 heavy (non-hydrogen) atoms. The maximum Gasteiger partial charge on any atom is 0.355 e. The van der Waals surface area contributed by atoms with Gasteiger partial charge in [-0.2, -0.15) is 0 Å². The molecule has 1 saturated carbocycles. The Morgan fingerprint density at radius 2 is 1.81 bits per heavy atom. The maximum atomic E-state index is 13.3. The Labute approximate surface area is 215 Å². The number of Topliss-reactive ketones (excluding diaryl/α,β-unsaturated/α-hetero) is 1. The van der Waals surface area contributed by atoms with E-state index in [1.807, 2.05) is 60.7 Å². The number of β-lactam (4-membered cyclic amide) rings is 1. The van der Waals surface area contributed by atoms with Gasteiger partial charge in [0.25, 0.3) is 0 Å². The molecule has 0 spiro atoms. The lowest BCUT2D eigenvalue weighted by Gasteiger charge is -2.49. The summed E-state index contributed by atoms with van der Waals surface area (Å²) in [6, 6.07) is 16.9. The van der Waals surface area contributed by atoms with E-state index in [4.69, 9.17) is 9.47 Å². The van der Waals surface area contributed by atoms with Gasteiger partial charge in [0.1, 0.15) is 23.8 Å². The van der Waals surface area contributed by atoms with Gasteiger partial charge in [0, 0.05) is 18.6 Å². The second-order valence-corrected chi connectivity index (χ2v) is 10.5. The number of fused-ring (bicyclic) bond motifs is 1. The molecule has 1 unspecified atom stereocenters. The minimum Gasteiger partial charge on any atom is -0.497 e. The fraction of sp³-hybridized carbons (Fsp3) is 0.345. The summed E-state index contributed by atoms with van der Waals surface area (Å²) in [7, 11) is 1.60. The van der Waals surface area contributed by atoms with Crippen LogP contribution in [0.15, 0.2) is 78.0 Å². The van der Waals surface area contributed by atoms with Crippen LogP contribution in [0.5, 0.6) is 5.75 Å². The lowest BCUT2D eigenvalue weighted by molar-refractivity contribution is -0.156. The van der Waals surface area contributed by atoms with Gasteiger partial charge in [-0.05, 0) is 47.6 Å². The molecule has 1 saturated heterocycles. The first-order valence-corrected chi connectivity index (χ1v) is 13.3. The van der Waals surface area contributed by atoms with Crippen molar-refractivity contribution in [3.05, 3.63) is 89.1 Å². The number of esters is 1. The Balaban J connectivity index is 1.29. The lowest BCUT2D eigenvalue weighted by atomic mass is 9.89. The van der Waals surface area contributed by atoms with Crippen molar-refractivity contribution in [1.29, 1.82) is 0 Å². The number of ether oxygens (including phenoxy) is 2. The Morgan fingerprint density at radius 3 is 2.50 bits per heavy atom. The second-order valence-electron chi connectivity index (χ2n) is 9.42. The molecule has 0 bridgehead atoms. The number of thioether (sulfide) groups is 1. The summed E-state index contributed by atoms with van der Waals surface area (Å²) < 4.78 is 10.8. The summed E-state index contributed by atoms with van der Waals surface area (Å²) in [6.45, 7) is 0.102. The van der Waals surface area contributed by atoms with E-state index in [-0.39, 0.29) is 30.1 Å². The Morgan fingerprint density at radius 1 is 1.06 bits per heavy atom. The van der Waals surface area contributed by atoms with E-state index in [9.17, 15) is 14.4 Å². The first-order chi connectivity index (χ1) is 17.5. The maximum absolute atomic E-state index is 13.3. The SMILES string of the molecule is COc1ccc(COC(=O)C2=C(/C=C/C3CC3)CSC3[C@H](CC(=O)Cc4ccccc4)C(=O)N23)cc1. The highest BCUT2D eigenvalue weighted by molar-refractivity contribution is 8.00. The zero-order valence-electron chi connectivity index (χ0n) is 20.2. The summed E-state index contributed by atoms with van der Waals surface area (Å²) in [5.74, 6) is 0.819. The molecule has 2 atom stereocenters. The number of carbonyl (C=O) groups excluding carboxylic acids is 3. The number of hydrogen-bond donors (Lipinski definition) is 0. The van der Waals surface area contributed by atoms with Crippen LogP contribution in [-0.2, 0) is 32.1 Å². The van der Waals surface area contributed by atoms with E-state index in [2.05, 4.69) is 6.08 Å². The summed E-state index contributed by atoms with van der Waals surface area (Å²) in [4.78, 5) is 40.7. The minimum absolute atomic E-state index is 0.0341. The van der Waals surface area contributed by atoms with Crippen molar-refractivity contribution in [2.24, 2.45) is 11.8 Å². The molecule has 3 aliphatic rings. The Hall–Kier alpha value is -3.32. The van der Waals surface area contributed by atoms with Gasteiger partial charge in [0.2, 0.25) is 5.91 Å². The normalized spacial score (nSPS) is 21.2. The van der Waals surface area contributed by atoms with Crippen molar-refractivity contribution < 1.29 is 23.9 Å². The van der Waals surface area contributed by atoms with E-state index >= 15 is 0 Å². The molecule has 2 heterocycles. The zero-order chi connectivity index (χ0) is 25.1. The summed E-state index contributed by atoms with van der Waals surface area (Å²) in [6.07, 6.45) is 6.91. The van der Waals surface area contributed by atoms with Crippen LogP contribution in [0.4, 0.5) is 0 Å². The molecule has 0 aromatic heterocycles. The second kappa shape index (κ2) is 10.7. The number of benzene rings is 2. The van der Waals surface area contributed by atoms with Gasteiger partial charge in [-0.15, -0.1) is 11.8 Å². The van der Waals surface area contributed by atoms with Crippen LogP contribution in [0.25, 0.3) is 0 Å². The first kappa shape index (κ1) is 24.4. The standard InChI is InChI=1S/C29H29NO5S/c1-34-24-13-10-21(11-14-24)17-35-29(33)26-22(12-9-19-7-8-19)18-36-28-25(27(32)30(26)28)16-23(31)15-20-5-3-2-4-6-20/h2-6,9-14,19,25,28H,7-8,15-18H2,1H3/b12-9+/t25-,28?/m1/s1. The van der Waals surface area contributed by atoms with Crippen LogP contribution >= 0.6 is 11.8 Å². The molecule has 2 aliphatic heterocycles. The van der Waals surface area contributed by atoms with Crippen molar-refractivity contribution in [2.75, 3.05) is 12.9 Å². The number of amides is 1. The Kier molecular flexibility index (Phi) is 7.28. The van der Waals surface area contributed by atoms with Crippen molar-refractivity contribution in [3.63, 3.8) is 0 Å². The molecule has 5 rings (SSSR count). The van der Waals surface area contributed by atoms with E-state index in [0.717, 1.165) is 35.3 Å². The van der Waals surface area contributed by atoms with Crippen molar-refractivity contribution in [2.45, 2.75) is 37.7 Å². The quantitative estimate of drug-likeness (QED) is 0.346. The number of ketones is 1. The van der Waals surface area contributed by atoms with Gasteiger partial charge in [-0.3, -0.25) is 14.5 Å². The fourth-order valence-electron chi connectivity index (χ4n) is 4.52. The molecule has 186 valence electrons. The van der Waals surface area contributed by atoms with Crippen LogP contribution in [0.3, 0.4) is 0 Å². The lowest BCUT2D eigenvalue weighted by Crippen LogP contribution is -2.61. The van der Waals surface area contributed by atoms with E-state index < -0.39 is 11.9 Å². The van der Waals surface area contributed by atoms with Gasteiger partial charge in [0.15, 0.2) is 0 Å². The predicted molar refractivity (Wildman–Crippen MR) is 138 cm³/mol. The molecule has 2 aromatic carbocycles. The number of hydrogen-bond acceptors (Lipinski definition) is 6. The van der Waals surface area contributed by atoms with Gasteiger partial charge >= 0.3 is 5.97 Å². The smallest absolute Gasteiger partial charge is 0.355 e. The monoisotopic (exact) mass is 503 g/mol. The Bertz CT molecular complexity index is 1200. The molecule has 2 fully saturated rings. The molecule has 1 amide bonds. The fourth-order valence-corrected chi connectivity index (χ4v) is 5.90. The summed E-state index contributed by atoms with van der Waals surface area (Å²) in [5.41, 5.74) is 2.91. The summed E-state index contributed by atoms with van der Waals surface area (Å²) in [5, 5.41) is -0.223. The largest absolute Gasteiger partial charge is 0.497 e. The van der Waals surface area contributed by atoms with Crippen molar-refractivity contribution in [3.8, 4) is 5.75 Å². The number of carbonyl (C=O) groups is 3. The number of rotatable bonds is 10. The molecule has 7 heteroatoms. The highest BCUT2D eigenvalue weighted by Crippen LogP contribution is 2.46. The predicted octanol–water partition coefficient (Wildman–Crippen LogP) is 4.69. The average Bonchev–Trinajstić information content (AvgIpc) is 3.74. The van der Waals surface area contributed by atoms with Gasteiger partial charge in [-0.1, -0.05) is 54.6 Å². The third-order valence-electron chi connectivity index (χ3n) is 6.71. The van der Waals surface area contributed by atoms with Crippen LogP contribution < -0.4 is 4.74 Å². The van der Waals surface area contributed by atoms with Crippen molar-refractivity contribution in [1.82, 2.24) is 4.90 Å². The van der Waals surface area contributed by atoms with E-state index in [0.29, 0.717) is 23.8 Å². The van der Waals surface area contributed by atoms with Crippen LogP contribution in [0, 0.1) is 11.8 Å². The molecular formula is C29H29NO5S. The number of allylic oxidation sites excluding steroid dienone is 2. The van der Waals surface area contributed by atoms with Gasteiger partial charge in [-0.25, -0.2) is 4.79 Å². The first-order valence-electron chi connectivity index (χ1n) is 12.2. The molecule has 0 radical (unpaired) electrons. The highest BCUT2D eigenvalue weighted by Gasteiger charge is 2.53. The van der Waals surface area contributed by atoms with Crippen LogP contribution in [0.1, 0.15) is 30.4 Å². The molecule has 1 aliphatic carbocycles. The van der Waals surface area contributed by atoms with Crippen LogP contribution in [0.2, 0.25) is 0 Å². The number of methoxy groups -OCH3 is 1. The molecular weight excluding hydrogens is 474 g/mol. The molecule has 2 aromatic rings. The van der Waals surface area contributed by atoms with Crippen molar-refractivity contribution >= 4 is 29.4 Å². The minimum atomic E-state index is -0.506.